The molecule has 0 saturated heterocycles. The first-order valence-corrected chi connectivity index (χ1v) is 8.03. The van der Waals surface area contributed by atoms with Crippen molar-refractivity contribution in [3.63, 3.8) is 0 Å². The standard InChI is InChI=1S/C17H20FNOS/c1-19(12-10-16-4-3-13-21-16)11-2-5-17(20)14-6-8-15(18)9-7-14/h3-4,6-9,13H,2,5,10-12H2,1H3. The van der Waals surface area contributed by atoms with Gasteiger partial charge in [-0.15, -0.1) is 11.3 Å². The highest BCUT2D eigenvalue weighted by atomic mass is 32.1. The lowest BCUT2D eigenvalue weighted by Crippen LogP contribution is -2.22. The molecule has 1 aromatic carbocycles. The Morgan fingerprint density at radius 1 is 1.19 bits per heavy atom. The Bertz CT molecular complexity index is 551. The minimum Gasteiger partial charge on any atom is -0.306 e. The molecule has 0 fully saturated rings. The van der Waals surface area contributed by atoms with Crippen LogP contribution in [0.2, 0.25) is 0 Å². The third-order valence-electron chi connectivity index (χ3n) is 3.43. The summed E-state index contributed by atoms with van der Waals surface area (Å²) in [5.41, 5.74) is 0.595. The average Bonchev–Trinajstić information content (AvgIpc) is 2.99. The molecular weight excluding hydrogens is 285 g/mol. The van der Waals surface area contributed by atoms with E-state index < -0.39 is 0 Å². The first kappa shape index (κ1) is 15.9. The van der Waals surface area contributed by atoms with Crippen molar-refractivity contribution in [1.82, 2.24) is 4.90 Å². The van der Waals surface area contributed by atoms with Crippen LogP contribution in [0.3, 0.4) is 0 Å². The third-order valence-corrected chi connectivity index (χ3v) is 4.37. The summed E-state index contributed by atoms with van der Waals surface area (Å²) in [6, 6.07) is 10.00. The van der Waals surface area contributed by atoms with Crippen molar-refractivity contribution >= 4 is 17.1 Å². The molecule has 0 amide bonds. The van der Waals surface area contributed by atoms with E-state index in [2.05, 4.69) is 29.5 Å². The fraction of sp³-hybridized carbons (Fsp3) is 0.353. The van der Waals surface area contributed by atoms with Gasteiger partial charge >= 0.3 is 0 Å². The number of carbonyl (C=O) groups excluding carboxylic acids is 1. The number of hydrogen-bond acceptors (Lipinski definition) is 3. The summed E-state index contributed by atoms with van der Waals surface area (Å²) in [4.78, 5) is 15.6. The molecule has 4 heteroatoms. The summed E-state index contributed by atoms with van der Waals surface area (Å²) < 4.78 is 12.8. The fourth-order valence-electron chi connectivity index (χ4n) is 2.16. The molecule has 0 atom stereocenters. The molecule has 0 saturated carbocycles. The second-order valence-electron chi connectivity index (χ2n) is 5.17. The molecule has 21 heavy (non-hydrogen) atoms. The Labute approximate surface area is 129 Å². The van der Waals surface area contributed by atoms with Crippen LogP contribution in [-0.2, 0) is 6.42 Å². The lowest BCUT2D eigenvalue weighted by atomic mass is 10.1. The zero-order valence-corrected chi connectivity index (χ0v) is 13.0. The number of ketones is 1. The van der Waals surface area contributed by atoms with E-state index in [1.807, 2.05) is 0 Å². The van der Waals surface area contributed by atoms with Gasteiger partial charge in [-0.05, 0) is 62.1 Å². The van der Waals surface area contributed by atoms with E-state index in [9.17, 15) is 9.18 Å². The second kappa shape index (κ2) is 8.05. The number of carbonyl (C=O) groups is 1. The zero-order chi connectivity index (χ0) is 15.1. The molecule has 0 unspecified atom stereocenters. The number of Topliss-reactive ketones (excluding diaryl/α,β-unsaturated/α-hetero) is 1. The van der Waals surface area contributed by atoms with Gasteiger partial charge in [-0.25, -0.2) is 4.39 Å². The summed E-state index contributed by atoms with van der Waals surface area (Å²) in [6.45, 7) is 1.91. The van der Waals surface area contributed by atoms with Gasteiger partial charge in [0.15, 0.2) is 5.78 Å². The van der Waals surface area contributed by atoms with Crippen LogP contribution in [0.4, 0.5) is 4.39 Å². The maximum Gasteiger partial charge on any atom is 0.162 e. The van der Waals surface area contributed by atoms with E-state index >= 15 is 0 Å². The number of halogens is 1. The molecule has 2 nitrogen and oxygen atoms in total. The molecule has 112 valence electrons. The number of benzene rings is 1. The number of thiophene rings is 1. The normalized spacial score (nSPS) is 11.0. The Kier molecular flexibility index (Phi) is 6.08. The van der Waals surface area contributed by atoms with Gasteiger partial charge in [-0.3, -0.25) is 4.79 Å². The van der Waals surface area contributed by atoms with E-state index in [4.69, 9.17) is 0 Å². The summed E-state index contributed by atoms with van der Waals surface area (Å²) in [5.74, 6) is -0.221. The second-order valence-corrected chi connectivity index (χ2v) is 6.20. The van der Waals surface area contributed by atoms with Gasteiger partial charge in [0.1, 0.15) is 5.82 Å². The van der Waals surface area contributed by atoms with Crippen molar-refractivity contribution in [2.75, 3.05) is 20.1 Å². The van der Waals surface area contributed by atoms with Crippen LogP contribution in [0.15, 0.2) is 41.8 Å². The highest BCUT2D eigenvalue weighted by Gasteiger charge is 2.07. The van der Waals surface area contributed by atoms with Gasteiger partial charge in [-0.2, -0.15) is 0 Å². The quantitative estimate of drug-likeness (QED) is 0.686. The number of rotatable bonds is 8. The van der Waals surface area contributed by atoms with E-state index in [1.54, 1.807) is 23.5 Å². The summed E-state index contributed by atoms with van der Waals surface area (Å²) in [5, 5.41) is 2.09. The van der Waals surface area contributed by atoms with Crippen molar-refractivity contribution in [3.05, 3.63) is 58.0 Å². The topological polar surface area (TPSA) is 20.3 Å². The third kappa shape index (κ3) is 5.40. The molecule has 0 radical (unpaired) electrons. The Balaban J connectivity index is 1.66. The molecule has 0 spiro atoms. The zero-order valence-electron chi connectivity index (χ0n) is 12.2. The highest BCUT2D eigenvalue weighted by molar-refractivity contribution is 7.09. The van der Waals surface area contributed by atoms with Crippen LogP contribution in [0.5, 0.6) is 0 Å². The SMILES string of the molecule is CN(CCCC(=O)c1ccc(F)cc1)CCc1cccs1. The van der Waals surface area contributed by atoms with Gasteiger partial charge in [0.05, 0.1) is 0 Å². The molecule has 0 N–H and O–H groups in total. The molecule has 1 aromatic heterocycles. The molecule has 0 bridgehead atoms. The molecule has 0 aliphatic carbocycles. The van der Waals surface area contributed by atoms with Gasteiger partial charge in [0.2, 0.25) is 0 Å². The summed E-state index contributed by atoms with van der Waals surface area (Å²) in [6.07, 6.45) is 2.40. The lowest BCUT2D eigenvalue weighted by molar-refractivity contribution is 0.0976. The molecular formula is C17H20FNOS. The smallest absolute Gasteiger partial charge is 0.162 e. The molecule has 2 rings (SSSR count). The monoisotopic (exact) mass is 305 g/mol. The Morgan fingerprint density at radius 2 is 1.95 bits per heavy atom. The number of hydrogen-bond donors (Lipinski definition) is 0. The van der Waals surface area contributed by atoms with Crippen molar-refractivity contribution in [2.24, 2.45) is 0 Å². The van der Waals surface area contributed by atoms with E-state index in [0.29, 0.717) is 12.0 Å². The first-order valence-electron chi connectivity index (χ1n) is 7.15. The minimum absolute atomic E-state index is 0.0849. The van der Waals surface area contributed by atoms with Crippen molar-refractivity contribution < 1.29 is 9.18 Å². The van der Waals surface area contributed by atoms with Crippen LogP contribution in [-0.4, -0.2) is 30.8 Å². The maximum absolute atomic E-state index is 12.8. The Hall–Kier alpha value is -1.52. The number of nitrogens with zero attached hydrogens (tertiary/aromatic N) is 1. The summed E-state index contributed by atoms with van der Waals surface area (Å²) in [7, 11) is 2.08. The van der Waals surface area contributed by atoms with Gasteiger partial charge in [-0.1, -0.05) is 6.07 Å². The molecule has 0 aliphatic rings. The predicted molar refractivity (Wildman–Crippen MR) is 85.5 cm³/mol. The minimum atomic E-state index is -0.306. The average molecular weight is 305 g/mol. The predicted octanol–water partition coefficient (Wildman–Crippen LogP) is 4.02. The van der Waals surface area contributed by atoms with Crippen LogP contribution in [0, 0.1) is 5.82 Å². The van der Waals surface area contributed by atoms with Crippen molar-refractivity contribution in [2.45, 2.75) is 19.3 Å². The van der Waals surface area contributed by atoms with Crippen molar-refractivity contribution in [1.29, 1.82) is 0 Å². The van der Waals surface area contributed by atoms with Crippen molar-refractivity contribution in [3.8, 4) is 0 Å². The van der Waals surface area contributed by atoms with Crippen LogP contribution in [0.25, 0.3) is 0 Å². The Morgan fingerprint density at radius 3 is 2.62 bits per heavy atom. The number of likely N-dealkylation sites (N-methyl/N-ethyl adjacent to an activating group) is 1. The van der Waals surface area contributed by atoms with E-state index in [-0.39, 0.29) is 11.6 Å². The van der Waals surface area contributed by atoms with Crippen LogP contribution < -0.4 is 0 Å². The first-order chi connectivity index (χ1) is 10.1. The van der Waals surface area contributed by atoms with Crippen LogP contribution in [0.1, 0.15) is 28.1 Å². The summed E-state index contributed by atoms with van der Waals surface area (Å²) >= 11 is 1.78. The molecule has 0 aliphatic heterocycles. The van der Waals surface area contributed by atoms with Crippen LogP contribution >= 0.6 is 11.3 Å². The van der Waals surface area contributed by atoms with Gasteiger partial charge in [0, 0.05) is 23.4 Å². The van der Waals surface area contributed by atoms with E-state index in [1.165, 1.54) is 17.0 Å². The largest absolute Gasteiger partial charge is 0.306 e. The maximum atomic E-state index is 12.8. The fourth-order valence-corrected chi connectivity index (χ4v) is 2.86. The molecule has 2 aromatic rings. The van der Waals surface area contributed by atoms with Gasteiger partial charge in [0.25, 0.3) is 0 Å². The van der Waals surface area contributed by atoms with Gasteiger partial charge < -0.3 is 4.90 Å². The lowest BCUT2D eigenvalue weighted by Gasteiger charge is -2.15. The molecule has 1 heterocycles. The highest BCUT2D eigenvalue weighted by Crippen LogP contribution is 2.10. The van der Waals surface area contributed by atoms with E-state index in [0.717, 1.165) is 25.9 Å².